The Balaban J connectivity index is 2.72. The molecule has 5 nitrogen and oxygen atoms in total. The fourth-order valence-electron chi connectivity index (χ4n) is 2.69. The monoisotopic (exact) mass is 408 g/mol. The van der Waals surface area contributed by atoms with E-state index in [2.05, 4.69) is 0 Å². The highest BCUT2D eigenvalue weighted by atomic mass is 35.5. The molecule has 0 atom stereocenters. The van der Waals surface area contributed by atoms with Crippen molar-refractivity contribution in [3.05, 3.63) is 70.3 Å². The van der Waals surface area contributed by atoms with Gasteiger partial charge in [0.2, 0.25) is 0 Å². The lowest BCUT2D eigenvalue weighted by Gasteiger charge is -2.16. The van der Waals surface area contributed by atoms with Gasteiger partial charge in [-0.1, -0.05) is 35.9 Å². The summed E-state index contributed by atoms with van der Waals surface area (Å²) in [6, 6.07) is 13.2. The molecule has 0 saturated carbocycles. The van der Waals surface area contributed by atoms with Crippen molar-refractivity contribution in [2.45, 2.75) is 18.2 Å². The summed E-state index contributed by atoms with van der Waals surface area (Å²) < 4.78 is 28.6. The lowest BCUT2D eigenvalue weighted by Crippen LogP contribution is -2.12. The molecular weight excluding hydrogens is 388 g/mol. The largest absolute Gasteiger partial charge is 0.463 e. The molecule has 0 saturated heterocycles. The molecule has 0 bridgehead atoms. The molecule has 7 heteroatoms. The van der Waals surface area contributed by atoms with Gasteiger partial charge in [-0.3, -0.25) is 0 Å². The van der Waals surface area contributed by atoms with Crippen molar-refractivity contribution in [3.8, 4) is 0 Å². The van der Waals surface area contributed by atoms with E-state index in [4.69, 9.17) is 16.3 Å². The Kier molecular flexibility index (Phi) is 7.18. The van der Waals surface area contributed by atoms with Gasteiger partial charge in [0.15, 0.2) is 9.84 Å². The van der Waals surface area contributed by atoms with Gasteiger partial charge in [0.05, 0.1) is 11.5 Å². The van der Waals surface area contributed by atoms with Gasteiger partial charge in [0.1, 0.15) is 0 Å². The quantitative estimate of drug-likeness (QED) is 0.560. The van der Waals surface area contributed by atoms with Crippen molar-refractivity contribution in [2.75, 3.05) is 19.5 Å². The number of aliphatic hydroxyl groups is 1. The van der Waals surface area contributed by atoms with Gasteiger partial charge in [-0.15, -0.1) is 0 Å². The number of esters is 1. The first-order valence-electron chi connectivity index (χ1n) is 8.35. The van der Waals surface area contributed by atoms with Gasteiger partial charge >= 0.3 is 5.97 Å². The van der Waals surface area contributed by atoms with E-state index in [1.807, 2.05) is 0 Å². The molecular formula is C20H21ClO5S. The van der Waals surface area contributed by atoms with E-state index in [1.54, 1.807) is 43.3 Å². The number of carbonyl (C=O) groups is 1. The predicted octanol–water partition coefficient (Wildman–Crippen LogP) is 3.49. The van der Waals surface area contributed by atoms with Crippen molar-refractivity contribution in [1.82, 2.24) is 0 Å². The molecule has 144 valence electrons. The first-order chi connectivity index (χ1) is 12.8. The second kappa shape index (κ2) is 9.17. The minimum atomic E-state index is -3.34. The van der Waals surface area contributed by atoms with Crippen molar-refractivity contribution in [1.29, 1.82) is 0 Å². The van der Waals surface area contributed by atoms with Gasteiger partial charge in [-0.2, -0.15) is 0 Å². The van der Waals surface area contributed by atoms with Crippen LogP contribution >= 0.6 is 11.6 Å². The van der Waals surface area contributed by atoms with Crippen molar-refractivity contribution < 1.29 is 23.1 Å². The summed E-state index contributed by atoms with van der Waals surface area (Å²) in [4.78, 5) is 12.7. The van der Waals surface area contributed by atoms with Crippen LogP contribution in [0.15, 0.2) is 59.0 Å². The van der Waals surface area contributed by atoms with Crippen molar-refractivity contribution >= 4 is 33.0 Å². The van der Waals surface area contributed by atoms with Gasteiger partial charge in [-0.05, 0) is 47.9 Å². The lowest BCUT2D eigenvalue weighted by atomic mass is 9.91. The Morgan fingerprint density at radius 1 is 1.11 bits per heavy atom. The third-order valence-corrected chi connectivity index (χ3v) is 5.23. The number of aliphatic hydroxyl groups excluding tert-OH is 1. The Morgan fingerprint density at radius 3 is 2.30 bits per heavy atom. The van der Waals surface area contributed by atoms with Crippen LogP contribution in [0.3, 0.4) is 0 Å². The zero-order chi connectivity index (χ0) is 20.0. The van der Waals surface area contributed by atoms with E-state index in [-0.39, 0.29) is 24.5 Å². The Labute approximate surface area is 164 Å². The van der Waals surface area contributed by atoms with E-state index in [0.29, 0.717) is 27.3 Å². The highest BCUT2D eigenvalue weighted by Gasteiger charge is 2.20. The number of sulfone groups is 1. The number of benzene rings is 2. The molecule has 0 aliphatic rings. The minimum Gasteiger partial charge on any atom is -0.463 e. The summed E-state index contributed by atoms with van der Waals surface area (Å²) in [6.45, 7) is 1.66. The maximum atomic E-state index is 12.5. The maximum Gasteiger partial charge on any atom is 0.334 e. The van der Waals surface area contributed by atoms with Crippen LogP contribution in [-0.4, -0.2) is 39.0 Å². The van der Waals surface area contributed by atoms with E-state index >= 15 is 0 Å². The predicted molar refractivity (Wildman–Crippen MR) is 105 cm³/mol. The van der Waals surface area contributed by atoms with Crippen molar-refractivity contribution in [2.24, 2.45) is 0 Å². The van der Waals surface area contributed by atoms with Gasteiger partial charge in [-0.25, -0.2) is 13.2 Å². The van der Waals surface area contributed by atoms with Crippen LogP contribution < -0.4 is 0 Å². The second-order valence-electron chi connectivity index (χ2n) is 5.85. The van der Waals surface area contributed by atoms with Crippen molar-refractivity contribution in [3.63, 3.8) is 0 Å². The molecule has 0 spiro atoms. The molecule has 0 amide bonds. The molecule has 0 aromatic heterocycles. The number of hydrogen-bond acceptors (Lipinski definition) is 5. The number of halogens is 1. The van der Waals surface area contributed by atoms with Crippen LogP contribution in [0, 0.1) is 0 Å². The van der Waals surface area contributed by atoms with Crippen LogP contribution in [-0.2, 0) is 19.4 Å². The van der Waals surface area contributed by atoms with Crippen LogP contribution in [0.2, 0.25) is 5.02 Å². The number of hydrogen-bond donors (Lipinski definition) is 1. The van der Waals surface area contributed by atoms with Crippen LogP contribution in [0.5, 0.6) is 0 Å². The summed E-state index contributed by atoms with van der Waals surface area (Å²) in [7, 11) is -3.34. The summed E-state index contributed by atoms with van der Waals surface area (Å²) in [5.74, 6) is -0.534. The highest BCUT2D eigenvalue weighted by molar-refractivity contribution is 7.90. The van der Waals surface area contributed by atoms with E-state index < -0.39 is 15.8 Å². The van der Waals surface area contributed by atoms with Gasteiger partial charge < -0.3 is 9.84 Å². The molecule has 0 aliphatic carbocycles. The standard InChI is InChI=1S/C20H21ClO5S/c1-3-26-20(23)18(11-12-22)19(15-5-4-6-16(21)13-15)14-7-9-17(10-8-14)27(2,24)25/h4-10,13,22H,3,11-12H2,1-2H3/b19-18+. The smallest absolute Gasteiger partial charge is 0.334 e. The fraction of sp³-hybridized carbons (Fsp3) is 0.250. The average molecular weight is 409 g/mol. The number of carbonyl (C=O) groups excluding carboxylic acids is 1. The van der Waals surface area contributed by atoms with E-state index in [9.17, 15) is 18.3 Å². The van der Waals surface area contributed by atoms with Gasteiger partial charge in [0, 0.05) is 29.9 Å². The molecule has 27 heavy (non-hydrogen) atoms. The number of rotatable bonds is 7. The van der Waals surface area contributed by atoms with E-state index in [1.165, 1.54) is 12.1 Å². The highest BCUT2D eigenvalue weighted by Crippen LogP contribution is 2.31. The summed E-state index contributed by atoms with van der Waals surface area (Å²) in [5, 5.41) is 9.95. The zero-order valence-electron chi connectivity index (χ0n) is 15.1. The fourth-order valence-corrected chi connectivity index (χ4v) is 3.51. The summed E-state index contributed by atoms with van der Waals surface area (Å²) in [5.41, 5.74) is 2.14. The lowest BCUT2D eigenvalue weighted by molar-refractivity contribution is -0.138. The molecule has 0 unspecified atom stereocenters. The maximum absolute atomic E-state index is 12.5. The topological polar surface area (TPSA) is 80.7 Å². The summed E-state index contributed by atoms with van der Waals surface area (Å²) >= 11 is 6.12. The Hall–Kier alpha value is -2.15. The summed E-state index contributed by atoms with van der Waals surface area (Å²) in [6.07, 6.45) is 1.22. The first kappa shape index (κ1) is 21.2. The molecule has 2 aromatic rings. The first-order valence-corrected chi connectivity index (χ1v) is 10.6. The minimum absolute atomic E-state index is 0.0918. The molecule has 0 radical (unpaired) electrons. The van der Waals surface area contributed by atoms with Gasteiger partial charge in [0.25, 0.3) is 0 Å². The molecule has 2 rings (SSSR count). The van der Waals surface area contributed by atoms with Crippen LogP contribution in [0.1, 0.15) is 24.5 Å². The average Bonchev–Trinajstić information content (AvgIpc) is 2.61. The molecule has 2 aromatic carbocycles. The third-order valence-electron chi connectivity index (χ3n) is 3.87. The van der Waals surface area contributed by atoms with Crippen LogP contribution in [0.25, 0.3) is 5.57 Å². The molecule has 1 N–H and O–H groups in total. The third kappa shape index (κ3) is 5.42. The molecule has 0 fully saturated rings. The SMILES string of the molecule is CCOC(=O)/C(CCO)=C(\c1ccc(S(C)(=O)=O)cc1)c1cccc(Cl)c1. The Bertz CT molecular complexity index is 947. The second-order valence-corrected chi connectivity index (χ2v) is 8.31. The zero-order valence-corrected chi connectivity index (χ0v) is 16.7. The van der Waals surface area contributed by atoms with E-state index in [0.717, 1.165) is 6.26 Å². The Morgan fingerprint density at radius 2 is 1.78 bits per heavy atom. The molecule has 0 heterocycles. The normalized spacial score (nSPS) is 12.4. The molecule has 0 aliphatic heterocycles. The number of ether oxygens (including phenoxy) is 1. The van der Waals surface area contributed by atoms with Crippen LogP contribution in [0.4, 0.5) is 0 Å².